The van der Waals surface area contributed by atoms with Crippen molar-refractivity contribution in [3.8, 4) is 0 Å². The fourth-order valence-electron chi connectivity index (χ4n) is 4.47. The van der Waals surface area contributed by atoms with Gasteiger partial charge in [0.2, 0.25) is 0 Å². The summed E-state index contributed by atoms with van der Waals surface area (Å²) >= 11 is 1.84. The summed E-state index contributed by atoms with van der Waals surface area (Å²) in [6.07, 6.45) is 10.0. The summed E-state index contributed by atoms with van der Waals surface area (Å²) in [5.74, 6) is 0. The van der Waals surface area contributed by atoms with Gasteiger partial charge in [0.15, 0.2) is 0 Å². The topological polar surface area (TPSA) is 28.0 Å². The van der Waals surface area contributed by atoms with Crippen molar-refractivity contribution in [3.63, 3.8) is 0 Å². The Morgan fingerprint density at radius 1 is 0.750 bits per heavy atom. The molecule has 0 unspecified atom stereocenters. The average molecular weight is 337 g/mol. The fourth-order valence-corrected chi connectivity index (χ4v) is 5.55. The van der Waals surface area contributed by atoms with E-state index < -0.39 is 0 Å². The third-order valence-electron chi connectivity index (χ3n) is 5.56. The highest BCUT2D eigenvalue weighted by molar-refractivity contribution is 7.15. The van der Waals surface area contributed by atoms with Crippen LogP contribution in [-0.4, -0.2) is 13.1 Å². The first-order chi connectivity index (χ1) is 11.9. The van der Waals surface area contributed by atoms with Crippen LogP contribution in [0.5, 0.6) is 0 Å². The quantitative estimate of drug-likeness (QED) is 0.642. The lowest BCUT2D eigenvalue weighted by molar-refractivity contribution is 0.634. The van der Waals surface area contributed by atoms with Crippen molar-refractivity contribution in [2.75, 3.05) is 18.0 Å². The van der Waals surface area contributed by atoms with Gasteiger partial charge in [0, 0.05) is 23.7 Å². The highest BCUT2D eigenvalue weighted by Crippen LogP contribution is 2.39. The Bertz CT molecular complexity index is 751. The molecule has 3 heterocycles. The summed E-state index contributed by atoms with van der Waals surface area (Å²) in [6.45, 7) is 2.45. The number of hydrogen-bond acceptors (Lipinski definition) is 4. The Morgan fingerprint density at radius 2 is 1.46 bits per heavy atom. The van der Waals surface area contributed by atoms with E-state index in [0.29, 0.717) is 0 Å². The predicted octanol–water partition coefficient (Wildman–Crippen LogP) is 5.74. The third kappa shape index (κ3) is 2.57. The van der Waals surface area contributed by atoms with E-state index in [1.54, 1.807) is 0 Å². The zero-order valence-corrected chi connectivity index (χ0v) is 14.9. The average Bonchev–Trinajstić information content (AvgIpc) is 3.03. The van der Waals surface area contributed by atoms with Crippen LogP contribution in [0, 0.1) is 0 Å². The molecule has 3 nitrogen and oxygen atoms in total. The minimum atomic E-state index is 1.04. The predicted molar refractivity (Wildman–Crippen MR) is 100 cm³/mol. The highest BCUT2D eigenvalue weighted by Gasteiger charge is 2.24. The summed E-state index contributed by atoms with van der Waals surface area (Å²) in [4.78, 5) is 4.11. The van der Waals surface area contributed by atoms with Crippen LogP contribution < -0.4 is 4.90 Å². The maximum Gasteiger partial charge on any atom is 0.139 e. The van der Waals surface area contributed by atoms with E-state index >= 15 is 0 Å². The lowest BCUT2D eigenvalue weighted by atomic mass is 9.91. The summed E-state index contributed by atoms with van der Waals surface area (Å²) in [5.41, 5.74) is 7.03. The number of thiophene rings is 1. The largest absolute Gasteiger partial charge is 0.371 e. The van der Waals surface area contributed by atoms with Gasteiger partial charge < -0.3 is 4.90 Å². The summed E-state index contributed by atoms with van der Waals surface area (Å²) in [5, 5.41) is 10.3. The standard InChI is InChI=1S/C20H23N3S/c1-2-8-18-14(5-1)13-19(24-18)22-21-17-11-15-6-3-9-23-10-4-7-16(12-17)20(15)23/h11-13H,1-10H2. The zero-order chi connectivity index (χ0) is 15.9. The van der Waals surface area contributed by atoms with Gasteiger partial charge in [-0.15, -0.1) is 21.6 Å². The molecule has 0 spiro atoms. The maximum absolute atomic E-state index is 4.60. The van der Waals surface area contributed by atoms with Crippen LogP contribution in [0.1, 0.15) is 47.3 Å². The first-order valence-electron chi connectivity index (χ1n) is 9.31. The van der Waals surface area contributed by atoms with Crippen LogP contribution in [0.15, 0.2) is 28.4 Å². The Labute approximate surface area is 147 Å². The second-order valence-corrected chi connectivity index (χ2v) is 8.36. The molecule has 0 atom stereocenters. The maximum atomic E-state index is 4.60. The molecule has 0 radical (unpaired) electrons. The van der Waals surface area contributed by atoms with Crippen molar-refractivity contribution in [2.45, 2.75) is 51.4 Å². The second-order valence-electron chi connectivity index (χ2n) is 7.25. The minimum absolute atomic E-state index is 1.04. The highest BCUT2D eigenvalue weighted by atomic mass is 32.1. The number of aryl methyl sites for hydroxylation is 4. The number of fused-ring (bicyclic) bond motifs is 1. The van der Waals surface area contributed by atoms with E-state index in [1.807, 2.05) is 11.3 Å². The van der Waals surface area contributed by atoms with Crippen molar-refractivity contribution >= 4 is 27.7 Å². The summed E-state index contributed by atoms with van der Waals surface area (Å²) in [6, 6.07) is 6.80. The van der Waals surface area contributed by atoms with Crippen LogP contribution in [0.3, 0.4) is 0 Å². The van der Waals surface area contributed by atoms with Gasteiger partial charge in [0.1, 0.15) is 5.00 Å². The van der Waals surface area contributed by atoms with Gasteiger partial charge in [0.25, 0.3) is 0 Å². The number of hydrogen-bond donors (Lipinski definition) is 0. The van der Waals surface area contributed by atoms with Crippen molar-refractivity contribution in [3.05, 3.63) is 39.8 Å². The van der Waals surface area contributed by atoms with Crippen LogP contribution in [-0.2, 0) is 25.7 Å². The molecule has 5 rings (SSSR count). The molecule has 1 aromatic carbocycles. The normalized spacial score (nSPS) is 19.4. The Hall–Kier alpha value is -1.68. The van der Waals surface area contributed by atoms with Crippen LogP contribution in [0.25, 0.3) is 0 Å². The molecule has 1 aliphatic carbocycles. The molecule has 0 fully saturated rings. The molecule has 3 aliphatic rings. The van der Waals surface area contributed by atoms with Crippen LogP contribution >= 0.6 is 11.3 Å². The molecule has 0 saturated carbocycles. The van der Waals surface area contributed by atoms with E-state index in [4.69, 9.17) is 0 Å². The van der Waals surface area contributed by atoms with Crippen molar-refractivity contribution in [1.29, 1.82) is 0 Å². The van der Waals surface area contributed by atoms with Gasteiger partial charge in [-0.2, -0.15) is 0 Å². The second kappa shape index (κ2) is 5.99. The van der Waals surface area contributed by atoms with E-state index in [9.17, 15) is 0 Å². The van der Waals surface area contributed by atoms with E-state index in [-0.39, 0.29) is 0 Å². The van der Waals surface area contributed by atoms with Gasteiger partial charge >= 0.3 is 0 Å². The first kappa shape index (κ1) is 14.6. The van der Waals surface area contributed by atoms with E-state index in [0.717, 1.165) is 10.7 Å². The zero-order valence-electron chi connectivity index (χ0n) is 14.1. The Kier molecular flexibility index (Phi) is 3.66. The van der Waals surface area contributed by atoms with Crippen LogP contribution in [0.2, 0.25) is 0 Å². The Morgan fingerprint density at radius 3 is 2.21 bits per heavy atom. The van der Waals surface area contributed by atoms with Crippen molar-refractivity contribution in [1.82, 2.24) is 0 Å². The summed E-state index contributed by atoms with van der Waals surface area (Å²) in [7, 11) is 0. The van der Waals surface area contributed by atoms with Gasteiger partial charge in [-0.3, -0.25) is 0 Å². The molecular weight excluding hydrogens is 314 g/mol. The SMILES string of the molecule is c1c(N=Nc2cc3c4c(c2)CCCN4CCC3)sc2c1CCCC2. The van der Waals surface area contributed by atoms with Gasteiger partial charge in [-0.05, 0) is 86.3 Å². The number of nitrogens with zero attached hydrogens (tertiary/aromatic N) is 3. The number of anilines is 1. The fraction of sp³-hybridized carbons (Fsp3) is 0.500. The molecule has 2 aliphatic heterocycles. The lowest BCUT2D eigenvalue weighted by Gasteiger charge is -2.36. The smallest absolute Gasteiger partial charge is 0.139 e. The summed E-state index contributed by atoms with van der Waals surface area (Å²) < 4.78 is 0. The van der Waals surface area contributed by atoms with Gasteiger partial charge in [-0.1, -0.05) is 0 Å². The van der Waals surface area contributed by atoms with Crippen molar-refractivity contribution in [2.24, 2.45) is 10.2 Å². The van der Waals surface area contributed by atoms with E-state index in [2.05, 4.69) is 33.3 Å². The minimum Gasteiger partial charge on any atom is -0.371 e. The molecule has 1 aromatic heterocycles. The monoisotopic (exact) mass is 337 g/mol. The molecule has 4 heteroatoms. The van der Waals surface area contributed by atoms with Crippen molar-refractivity contribution < 1.29 is 0 Å². The molecule has 2 aromatic rings. The molecule has 0 N–H and O–H groups in total. The molecule has 24 heavy (non-hydrogen) atoms. The van der Waals surface area contributed by atoms with E-state index in [1.165, 1.54) is 91.7 Å². The number of azo groups is 1. The molecule has 0 amide bonds. The van der Waals surface area contributed by atoms with Crippen LogP contribution in [0.4, 0.5) is 16.4 Å². The number of rotatable bonds is 2. The molecular formula is C20H23N3S. The molecule has 124 valence electrons. The third-order valence-corrected chi connectivity index (χ3v) is 6.69. The molecule has 0 bridgehead atoms. The lowest BCUT2D eigenvalue weighted by Crippen LogP contribution is -2.34. The number of benzene rings is 1. The van der Waals surface area contributed by atoms with Gasteiger partial charge in [0.05, 0.1) is 5.69 Å². The Balaban J connectivity index is 1.46. The van der Waals surface area contributed by atoms with Gasteiger partial charge in [-0.25, -0.2) is 0 Å². The molecule has 0 saturated heterocycles. The first-order valence-corrected chi connectivity index (χ1v) is 10.1.